The zero-order valence-electron chi connectivity index (χ0n) is 12.3. The molecule has 3 N–H and O–H groups in total. The molecule has 8 nitrogen and oxygen atoms in total. The molecule has 1 aliphatic heterocycles. The number of rotatable bonds is 3. The number of carbonyl (C=O) groups is 2. The van der Waals surface area contributed by atoms with Crippen molar-refractivity contribution in [3.05, 3.63) is 11.7 Å². The Morgan fingerprint density at radius 2 is 1.91 bits per heavy atom. The summed E-state index contributed by atoms with van der Waals surface area (Å²) >= 11 is 0. The monoisotopic (exact) mass is 305 g/mol. The van der Waals surface area contributed by atoms with Gasteiger partial charge in [0.1, 0.15) is 12.1 Å². The molecular formula is C14H19N5O3. The highest BCUT2D eigenvalue weighted by Crippen LogP contribution is 2.38. The molecule has 1 aromatic rings. The SMILES string of the molecule is NC1(c2noc(CN3C(=O)NC4(CCCC4)C3=O)n2)CCC1. The molecule has 0 atom stereocenters. The van der Waals surface area contributed by atoms with Crippen LogP contribution in [0.4, 0.5) is 4.79 Å². The third kappa shape index (κ3) is 1.86. The van der Waals surface area contributed by atoms with E-state index in [9.17, 15) is 9.59 Å². The van der Waals surface area contributed by atoms with E-state index in [2.05, 4.69) is 15.5 Å². The number of carbonyl (C=O) groups excluding carboxylic acids is 2. The summed E-state index contributed by atoms with van der Waals surface area (Å²) in [4.78, 5) is 30.1. The summed E-state index contributed by atoms with van der Waals surface area (Å²) in [5.74, 6) is 0.544. The molecule has 2 heterocycles. The third-order valence-corrected chi connectivity index (χ3v) is 5.16. The molecule has 2 aliphatic carbocycles. The maximum absolute atomic E-state index is 12.5. The predicted octanol–water partition coefficient (Wildman–Crippen LogP) is 0.772. The van der Waals surface area contributed by atoms with Crippen molar-refractivity contribution in [3.8, 4) is 0 Å². The number of nitrogens with one attached hydrogen (secondary N) is 1. The fourth-order valence-corrected chi connectivity index (χ4v) is 3.58. The van der Waals surface area contributed by atoms with Gasteiger partial charge in [0.15, 0.2) is 5.82 Å². The fourth-order valence-electron chi connectivity index (χ4n) is 3.58. The zero-order chi connectivity index (χ0) is 15.4. The smallest absolute Gasteiger partial charge is 0.325 e. The number of aromatic nitrogens is 2. The Bertz CT molecular complexity index is 630. The summed E-state index contributed by atoms with van der Waals surface area (Å²) in [6.07, 6.45) is 6.04. The molecule has 1 saturated heterocycles. The second-order valence-electron chi connectivity index (χ2n) is 6.63. The van der Waals surface area contributed by atoms with Gasteiger partial charge in [0.2, 0.25) is 5.89 Å². The van der Waals surface area contributed by atoms with Crippen molar-refractivity contribution in [2.24, 2.45) is 5.73 Å². The van der Waals surface area contributed by atoms with E-state index in [0.717, 1.165) is 32.1 Å². The molecular weight excluding hydrogens is 286 g/mol. The van der Waals surface area contributed by atoms with Gasteiger partial charge >= 0.3 is 6.03 Å². The van der Waals surface area contributed by atoms with E-state index in [4.69, 9.17) is 10.3 Å². The minimum absolute atomic E-state index is 0.00942. The molecule has 0 radical (unpaired) electrons. The molecule has 0 unspecified atom stereocenters. The molecule has 8 heteroatoms. The van der Waals surface area contributed by atoms with Crippen molar-refractivity contribution < 1.29 is 14.1 Å². The lowest BCUT2D eigenvalue weighted by atomic mass is 9.77. The maximum atomic E-state index is 12.5. The number of amides is 3. The molecule has 22 heavy (non-hydrogen) atoms. The molecule has 3 fully saturated rings. The molecule has 3 aliphatic rings. The summed E-state index contributed by atoms with van der Waals surface area (Å²) < 4.78 is 5.18. The van der Waals surface area contributed by atoms with Gasteiger partial charge in [-0.15, -0.1) is 0 Å². The van der Waals surface area contributed by atoms with Crippen LogP contribution in [0.5, 0.6) is 0 Å². The van der Waals surface area contributed by atoms with Crippen molar-refractivity contribution in [2.75, 3.05) is 0 Å². The van der Waals surface area contributed by atoms with Gasteiger partial charge in [0.05, 0.1) is 5.54 Å². The molecule has 4 rings (SSSR count). The van der Waals surface area contributed by atoms with Crippen molar-refractivity contribution in [1.82, 2.24) is 20.4 Å². The van der Waals surface area contributed by atoms with Crippen LogP contribution in [0.15, 0.2) is 4.52 Å². The first-order valence-corrected chi connectivity index (χ1v) is 7.79. The second kappa shape index (κ2) is 4.52. The maximum Gasteiger partial charge on any atom is 0.325 e. The van der Waals surface area contributed by atoms with Crippen LogP contribution in [0.25, 0.3) is 0 Å². The summed E-state index contributed by atoms with van der Waals surface area (Å²) in [6, 6.07) is -0.377. The number of hydrogen-bond donors (Lipinski definition) is 2. The average Bonchev–Trinajstić information content (AvgIpc) is 3.15. The van der Waals surface area contributed by atoms with E-state index in [-0.39, 0.29) is 24.4 Å². The number of imide groups is 1. The summed E-state index contributed by atoms with van der Waals surface area (Å²) in [6.45, 7) is 0.00942. The van der Waals surface area contributed by atoms with E-state index >= 15 is 0 Å². The minimum atomic E-state index is -0.705. The van der Waals surface area contributed by atoms with Gasteiger partial charge in [-0.1, -0.05) is 18.0 Å². The Morgan fingerprint density at radius 1 is 1.18 bits per heavy atom. The molecule has 118 valence electrons. The Balaban J connectivity index is 1.51. The first-order valence-electron chi connectivity index (χ1n) is 7.79. The van der Waals surface area contributed by atoms with Crippen LogP contribution in [0.3, 0.4) is 0 Å². The van der Waals surface area contributed by atoms with Crippen LogP contribution in [0.1, 0.15) is 56.7 Å². The van der Waals surface area contributed by atoms with Crippen molar-refractivity contribution in [1.29, 1.82) is 0 Å². The first-order chi connectivity index (χ1) is 10.5. The summed E-state index contributed by atoms with van der Waals surface area (Å²) in [7, 11) is 0. The Labute approximate surface area is 127 Å². The van der Waals surface area contributed by atoms with Gasteiger partial charge < -0.3 is 15.6 Å². The molecule has 3 amide bonds. The topological polar surface area (TPSA) is 114 Å². The van der Waals surface area contributed by atoms with E-state index < -0.39 is 11.1 Å². The van der Waals surface area contributed by atoms with Crippen LogP contribution in [0.2, 0.25) is 0 Å². The summed E-state index contributed by atoms with van der Waals surface area (Å²) in [5, 5.41) is 6.74. The zero-order valence-corrected chi connectivity index (χ0v) is 12.3. The van der Waals surface area contributed by atoms with Gasteiger partial charge in [0.25, 0.3) is 5.91 Å². The van der Waals surface area contributed by atoms with Gasteiger partial charge in [-0.2, -0.15) is 4.98 Å². The second-order valence-corrected chi connectivity index (χ2v) is 6.63. The number of urea groups is 1. The standard InChI is InChI=1S/C14H19N5O3/c15-13(4-3-5-13)10-16-9(22-18-10)8-19-11(20)14(17-12(19)21)6-1-2-7-14/h1-8,15H2,(H,17,21). The summed E-state index contributed by atoms with van der Waals surface area (Å²) in [5.41, 5.74) is 4.94. The Hall–Kier alpha value is -1.96. The van der Waals surface area contributed by atoms with Gasteiger partial charge in [-0.05, 0) is 32.1 Å². The van der Waals surface area contributed by atoms with Crippen LogP contribution in [-0.2, 0) is 16.9 Å². The van der Waals surface area contributed by atoms with Crippen LogP contribution in [0, 0.1) is 0 Å². The lowest BCUT2D eigenvalue weighted by molar-refractivity contribution is -0.131. The van der Waals surface area contributed by atoms with Crippen molar-refractivity contribution in [3.63, 3.8) is 0 Å². The van der Waals surface area contributed by atoms with Gasteiger partial charge in [0, 0.05) is 0 Å². The molecule has 2 saturated carbocycles. The van der Waals surface area contributed by atoms with Gasteiger partial charge in [-0.3, -0.25) is 9.69 Å². The van der Waals surface area contributed by atoms with Crippen molar-refractivity contribution in [2.45, 2.75) is 62.6 Å². The number of nitrogens with two attached hydrogens (primary N) is 1. The minimum Gasteiger partial charge on any atom is -0.337 e. The lowest BCUT2D eigenvalue weighted by Gasteiger charge is -2.34. The van der Waals surface area contributed by atoms with E-state index in [1.807, 2.05) is 0 Å². The molecule has 1 aromatic heterocycles. The average molecular weight is 305 g/mol. The highest BCUT2D eigenvalue weighted by molar-refractivity contribution is 6.07. The third-order valence-electron chi connectivity index (χ3n) is 5.16. The highest BCUT2D eigenvalue weighted by Gasteiger charge is 2.52. The van der Waals surface area contributed by atoms with Crippen LogP contribution < -0.4 is 11.1 Å². The number of hydrogen-bond acceptors (Lipinski definition) is 6. The molecule has 0 bridgehead atoms. The fraction of sp³-hybridized carbons (Fsp3) is 0.714. The van der Waals surface area contributed by atoms with Gasteiger partial charge in [-0.25, -0.2) is 4.79 Å². The van der Waals surface area contributed by atoms with Crippen LogP contribution in [-0.4, -0.2) is 32.5 Å². The first kappa shape index (κ1) is 13.7. The van der Waals surface area contributed by atoms with Crippen LogP contribution >= 0.6 is 0 Å². The Kier molecular flexibility index (Phi) is 2.81. The normalized spacial score (nSPS) is 25.6. The van der Waals surface area contributed by atoms with E-state index in [1.165, 1.54) is 4.90 Å². The predicted molar refractivity (Wildman–Crippen MR) is 74.3 cm³/mol. The lowest BCUT2D eigenvalue weighted by Crippen LogP contribution is -2.44. The largest absolute Gasteiger partial charge is 0.337 e. The quantitative estimate of drug-likeness (QED) is 0.797. The number of nitrogens with zero attached hydrogens (tertiary/aromatic N) is 3. The van der Waals surface area contributed by atoms with E-state index in [1.54, 1.807) is 0 Å². The van der Waals surface area contributed by atoms with E-state index in [0.29, 0.717) is 18.7 Å². The molecule has 0 aromatic carbocycles. The van der Waals surface area contributed by atoms with Crippen molar-refractivity contribution >= 4 is 11.9 Å². The Morgan fingerprint density at radius 3 is 2.55 bits per heavy atom. The highest BCUT2D eigenvalue weighted by atomic mass is 16.5. The molecule has 1 spiro atoms.